The van der Waals surface area contributed by atoms with E-state index in [2.05, 4.69) is 24.1 Å². The third kappa shape index (κ3) is 2.33. The Balaban J connectivity index is 1.75. The van der Waals surface area contributed by atoms with Crippen molar-refractivity contribution in [1.82, 2.24) is 10.2 Å². The van der Waals surface area contributed by atoms with E-state index in [1.54, 1.807) is 0 Å². The summed E-state index contributed by atoms with van der Waals surface area (Å²) in [5.74, 6) is 0. The molecule has 3 rings (SSSR count). The van der Waals surface area contributed by atoms with E-state index in [9.17, 15) is 0 Å². The summed E-state index contributed by atoms with van der Waals surface area (Å²) in [5.41, 5.74) is 0.692. The molecule has 18 heavy (non-hydrogen) atoms. The Morgan fingerprint density at radius 1 is 1.17 bits per heavy atom. The lowest BCUT2D eigenvalue weighted by molar-refractivity contribution is -0.0217. The average molecular weight is 252 g/mol. The van der Waals surface area contributed by atoms with Crippen LogP contribution < -0.4 is 5.32 Å². The number of hydrogen-bond donors (Lipinski definition) is 1. The summed E-state index contributed by atoms with van der Waals surface area (Å²) in [6.45, 7) is 9.02. The first kappa shape index (κ1) is 12.9. The zero-order valence-electron chi connectivity index (χ0n) is 12.0. The molecule has 0 aromatic rings. The van der Waals surface area contributed by atoms with Crippen LogP contribution >= 0.6 is 0 Å². The van der Waals surface area contributed by atoms with E-state index in [0.717, 1.165) is 19.8 Å². The molecule has 2 aliphatic heterocycles. The lowest BCUT2D eigenvalue weighted by Crippen LogP contribution is -2.70. The zero-order chi connectivity index (χ0) is 12.6. The highest BCUT2D eigenvalue weighted by molar-refractivity contribution is 5.05. The molecule has 1 saturated carbocycles. The molecule has 3 heteroatoms. The molecular formula is C15H28N2O. The Labute approximate surface area is 111 Å². The normalized spacial score (nSPS) is 36.0. The van der Waals surface area contributed by atoms with Crippen LogP contribution in [0.15, 0.2) is 0 Å². The van der Waals surface area contributed by atoms with Gasteiger partial charge in [-0.05, 0) is 33.1 Å². The summed E-state index contributed by atoms with van der Waals surface area (Å²) < 4.78 is 5.62. The fraction of sp³-hybridized carbons (Fsp3) is 1.00. The van der Waals surface area contributed by atoms with Crippen LogP contribution in [-0.2, 0) is 4.74 Å². The summed E-state index contributed by atoms with van der Waals surface area (Å²) >= 11 is 0. The molecule has 1 unspecified atom stereocenters. The van der Waals surface area contributed by atoms with Crippen molar-refractivity contribution in [1.29, 1.82) is 0 Å². The molecule has 1 aliphatic carbocycles. The van der Waals surface area contributed by atoms with Gasteiger partial charge in [-0.2, -0.15) is 0 Å². The van der Waals surface area contributed by atoms with Crippen LogP contribution in [0.4, 0.5) is 0 Å². The molecule has 0 radical (unpaired) electrons. The second kappa shape index (κ2) is 4.77. The van der Waals surface area contributed by atoms with Crippen LogP contribution in [0, 0.1) is 0 Å². The number of rotatable bonds is 1. The second-order valence-corrected chi connectivity index (χ2v) is 7.15. The van der Waals surface area contributed by atoms with Crippen molar-refractivity contribution in [2.45, 2.75) is 69.5 Å². The lowest BCUT2D eigenvalue weighted by atomic mass is 9.77. The predicted octanol–water partition coefficient (Wildman–Crippen LogP) is 2.16. The standard InChI is InChI=1S/C15H28N2O/c1-14(2)11-16-15(7-4-3-5-8-15)12-17(14)13-6-9-18-10-13/h13,16H,3-12H2,1-2H3. The molecule has 3 nitrogen and oxygen atoms in total. The molecule has 1 N–H and O–H groups in total. The largest absolute Gasteiger partial charge is 0.380 e. The van der Waals surface area contributed by atoms with Crippen molar-refractivity contribution in [2.24, 2.45) is 0 Å². The van der Waals surface area contributed by atoms with Crippen molar-refractivity contribution in [3.63, 3.8) is 0 Å². The van der Waals surface area contributed by atoms with Crippen LogP contribution in [0.25, 0.3) is 0 Å². The molecule has 1 atom stereocenters. The van der Waals surface area contributed by atoms with Gasteiger partial charge in [-0.1, -0.05) is 19.3 Å². The average Bonchev–Trinajstić information content (AvgIpc) is 2.88. The van der Waals surface area contributed by atoms with Crippen molar-refractivity contribution in [2.75, 3.05) is 26.3 Å². The Bertz CT molecular complexity index is 291. The van der Waals surface area contributed by atoms with E-state index in [4.69, 9.17) is 4.74 Å². The quantitative estimate of drug-likeness (QED) is 0.774. The molecule has 2 saturated heterocycles. The van der Waals surface area contributed by atoms with Gasteiger partial charge in [-0.3, -0.25) is 4.90 Å². The van der Waals surface area contributed by atoms with Crippen molar-refractivity contribution >= 4 is 0 Å². The molecule has 3 aliphatic rings. The lowest BCUT2D eigenvalue weighted by Gasteiger charge is -2.55. The fourth-order valence-corrected chi connectivity index (χ4v) is 4.06. The number of nitrogens with one attached hydrogen (secondary N) is 1. The van der Waals surface area contributed by atoms with Crippen LogP contribution in [0.2, 0.25) is 0 Å². The molecule has 2 heterocycles. The monoisotopic (exact) mass is 252 g/mol. The molecule has 0 amide bonds. The fourth-order valence-electron chi connectivity index (χ4n) is 4.06. The van der Waals surface area contributed by atoms with Gasteiger partial charge in [0.2, 0.25) is 0 Å². The summed E-state index contributed by atoms with van der Waals surface area (Å²) in [6.07, 6.45) is 8.20. The Morgan fingerprint density at radius 3 is 2.61 bits per heavy atom. The third-order valence-electron chi connectivity index (χ3n) is 5.30. The molecular weight excluding hydrogens is 224 g/mol. The molecule has 1 spiro atoms. The van der Waals surface area contributed by atoms with Crippen LogP contribution in [0.5, 0.6) is 0 Å². The van der Waals surface area contributed by atoms with Crippen molar-refractivity contribution in [3.8, 4) is 0 Å². The predicted molar refractivity (Wildman–Crippen MR) is 73.8 cm³/mol. The molecule has 0 aromatic heterocycles. The molecule has 0 aromatic carbocycles. The number of ether oxygens (including phenoxy) is 1. The zero-order valence-corrected chi connectivity index (χ0v) is 12.0. The van der Waals surface area contributed by atoms with Gasteiger partial charge in [0.25, 0.3) is 0 Å². The van der Waals surface area contributed by atoms with Crippen LogP contribution in [0.1, 0.15) is 52.4 Å². The van der Waals surface area contributed by atoms with Gasteiger partial charge in [-0.25, -0.2) is 0 Å². The SMILES string of the molecule is CC1(C)CNC2(CCCCC2)CN1C1CCOC1. The Kier molecular flexibility index (Phi) is 3.41. The summed E-state index contributed by atoms with van der Waals surface area (Å²) in [4.78, 5) is 2.75. The van der Waals surface area contributed by atoms with E-state index < -0.39 is 0 Å². The third-order valence-corrected chi connectivity index (χ3v) is 5.30. The first-order valence-electron chi connectivity index (χ1n) is 7.71. The van der Waals surface area contributed by atoms with Gasteiger partial charge >= 0.3 is 0 Å². The van der Waals surface area contributed by atoms with E-state index in [1.165, 1.54) is 45.1 Å². The van der Waals surface area contributed by atoms with Gasteiger partial charge in [0.05, 0.1) is 6.61 Å². The van der Waals surface area contributed by atoms with Crippen molar-refractivity contribution in [3.05, 3.63) is 0 Å². The maximum absolute atomic E-state index is 5.62. The summed E-state index contributed by atoms with van der Waals surface area (Å²) in [7, 11) is 0. The van der Waals surface area contributed by atoms with Crippen molar-refractivity contribution < 1.29 is 4.74 Å². The number of hydrogen-bond acceptors (Lipinski definition) is 3. The van der Waals surface area contributed by atoms with Crippen LogP contribution in [0.3, 0.4) is 0 Å². The van der Waals surface area contributed by atoms with Gasteiger partial charge in [0.1, 0.15) is 0 Å². The van der Waals surface area contributed by atoms with E-state index >= 15 is 0 Å². The maximum atomic E-state index is 5.62. The number of nitrogens with zero attached hydrogens (tertiary/aromatic N) is 1. The molecule has 104 valence electrons. The van der Waals surface area contributed by atoms with Crippen LogP contribution in [-0.4, -0.2) is 48.3 Å². The highest BCUT2D eigenvalue weighted by atomic mass is 16.5. The van der Waals surface area contributed by atoms with E-state index in [0.29, 0.717) is 11.6 Å². The van der Waals surface area contributed by atoms with Gasteiger partial charge in [0, 0.05) is 36.8 Å². The Morgan fingerprint density at radius 2 is 1.94 bits per heavy atom. The smallest absolute Gasteiger partial charge is 0.0622 e. The minimum atomic E-state index is 0.279. The Hall–Kier alpha value is -0.120. The first-order valence-corrected chi connectivity index (χ1v) is 7.71. The first-order chi connectivity index (χ1) is 8.61. The number of piperazine rings is 1. The molecule has 0 bridgehead atoms. The van der Waals surface area contributed by atoms with E-state index in [-0.39, 0.29) is 5.54 Å². The minimum Gasteiger partial charge on any atom is -0.380 e. The maximum Gasteiger partial charge on any atom is 0.0622 e. The van der Waals surface area contributed by atoms with Gasteiger partial charge in [0.15, 0.2) is 0 Å². The van der Waals surface area contributed by atoms with Gasteiger partial charge in [-0.15, -0.1) is 0 Å². The van der Waals surface area contributed by atoms with Gasteiger partial charge < -0.3 is 10.1 Å². The van der Waals surface area contributed by atoms with E-state index in [1.807, 2.05) is 0 Å². The summed E-state index contributed by atoms with van der Waals surface area (Å²) in [6, 6.07) is 0.654. The highest BCUT2D eigenvalue weighted by Crippen LogP contribution is 2.36. The summed E-state index contributed by atoms with van der Waals surface area (Å²) in [5, 5.41) is 3.90. The topological polar surface area (TPSA) is 24.5 Å². The second-order valence-electron chi connectivity index (χ2n) is 7.15. The molecule has 3 fully saturated rings. The highest BCUT2D eigenvalue weighted by Gasteiger charge is 2.46. The minimum absolute atomic E-state index is 0.279.